The number of halogens is 1. The van der Waals surface area contributed by atoms with Crippen LogP contribution in [-0.2, 0) is 11.2 Å². The minimum Gasteiger partial charge on any atom is -0.334 e. The SMILES string of the molecule is CC(=O)N1CCc2cc(C(=O)N3CCCCC3C(C)N)ccc21.Cl. The van der Waals surface area contributed by atoms with Gasteiger partial charge in [-0.3, -0.25) is 9.59 Å². The van der Waals surface area contributed by atoms with Crippen LogP contribution in [0, 0.1) is 0 Å². The van der Waals surface area contributed by atoms with Gasteiger partial charge in [-0.15, -0.1) is 12.4 Å². The Morgan fingerprint density at radius 3 is 2.67 bits per heavy atom. The maximum atomic E-state index is 12.9. The van der Waals surface area contributed by atoms with Gasteiger partial charge in [0.15, 0.2) is 0 Å². The fourth-order valence-electron chi connectivity index (χ4n) is 3.78. The lowest BCUT2D eigenvalue weighted by atomic mass is 9.95. The molecule has 2 amide bonds. The summed E-state index contributed by atoms with van der Waals surface area (Å²) in [6.07, 6.45) is 3.96. The van der Waals surface area contributed by atoms with Crippen LogP contribution in [0.3, 0.4) is 0 Å². The van der Waals surface area contributed by atoms with E-state index in [1.807, 2.05) is 30.0 Å². The number of benzene rings is 1. The third-order valence-electron chi connectivity index (χ3n) is 5.02. The Morgan fingerprint density at radius 1 is 1.25 bits per heavy atom. The second-order valence-electron chi connectivity index (χ2n) is 6.68. The number of amides is 2. The van der Waals surface area contributed by atoms with Crippen LogP contribution in [0.25, 0.3) is 0 Å². The van der Waals surface area contributed by atoms with Crippen LogP contribution in [0.4, 0.5) is 5.69 Å². The highest BCUT2D eigenvalue weighted by molar-refractivity contribution is 5.98. The molecular weight excluding hydrogens is 326 g/mol. The number of carbonyl (C=O) groups excluding carboxylic acids is 2. The lowest BCUT2D eigenvalue weighted by Gasteiger charge is -2.38. The van der Waals surface area contributed by atoms with Crippen LogP contribution >= 0.6 is 12.4 Å². The molecular formula is C18H26ClN3O2. The molecule has 1 aromatic rings. The summed E-state index contributed by atoms with van der Waals surface area (Å²) < 4.78 is 0. The Bertz CT molecular complexity index is 633. The summed E-state index contributed by atoms with van der Waals surface area (Å²) in [6, 6.07) is 5.81. The molecule has 24 heavy (non-hydrogen) atoms. The molecule has 0 bridgehead atoms. The number of hydrogen-bond donors (Lipinski definition) is 1. The Balaban J connectivity index is 0.00000208. The first-order valence-corrected chi connectivity index (χ1v) is 8.46. The minimum absolute atomic E-state index is 0. The van der Waals surface area contributed by atoms with Crippen molar-refractivity contribution in [3.05, 3.63) is 29.3 Å². The number of fused-ring (bicyclic) bond motifs is 1. The molecule has 2 N–H and O–H groups in total. The largest absolute Gasteiger partial charge is 0.334 e. The van der Waals surface area contributed by atoms with E-state index < -0.39 is 0 Å². The average molecular weight is 352 g/mol. The smallest absolute Gasteiger partial charge is 0.254 e. The van der Waals surface area contributed by atoms with Crippen LogP contribution in [0.5, 0.6) is 0 Å². The lowest BCUT2D eigenvalue weighted by Crippen LogP contribution is -2.51. The molecule has 6 heteroatoms. The highest BCUT2D eigenvalue weighted by Crippen LogP contribution is 2.30. The molecule has 0 saturated carbocycles. The number of carbonyl (C=O) groups is 2. The van der Waals surface area contributed by atoms with E-state index in [0.717, 1.165) is 43.5 Å². The van der Waals surface area contributed by atoms with Gasteiger partial charge in [0.1, 0.15) is 0 Å². The third-order valence-corrected chi connectivity index (χ3v) is 5.02. The van der Waals surface area contributed by atoms with E-state index in [2.05, 4.69) is 0 Å². The predicted octanol–water partition coefficient (Wildman–Crippen LogP) is 2.36. The molecule has 0 radical (unpaired) electrons. The fourth-order valence-corrected chi connectivity index (χ4v) is 3.78. The summed E-state index contributed by atoms with van der Waals surface area (Å²) in [7, 11) is 0. The molecule has 0 spiro atoms. The molecule has 1 aromatic carbocycles. The van der Waals surface area contributed by atoms with Crippen LogP contribution in [0.15, 0.2) is 18.2 Å². The van der Waals surface area contributed by atoms with Crippen LogP contribution < -0.4 is 10.6 Å². The number of anilines is 1. The summed E-state index contributed by atoms with van der Waals surface area (Å²) in [4.78, 5) is 28.3. The van der Waals surface area contributed by atoms with E-state index in [1.54, 1.807) is 11.8 Å². The molecule has 2 aliphatic heterocycles. The summed E-state index contributed by atoms with van der Waals surface area (Å²) in [6.45, 7) is 5.04. The van der Waals surface area contributed by atoms with Gasteiger partial charge < -0.3 is 15.5 Å². The Morgan fingerprint density at radius 2 is 2.00 bits per heavy atom. The van der Waals surface area contributed by atoms with Crippen LogP contribution in [0.1, 0.15) is 49.0 Å². The highest BCUT2D eigenvalue weighted by Gasteiger charge is 2.31. The maximum absolute atomic E-state index is 12.9. The molecule has 2 unspecified atom stereocenters. The molecule has 0 aromatic heterocycles. The molecule has 2 aliphatic rings. The van der Waals surface area contributed by atoms with Gasteiger partial charge in [-0.05, 0) is 56.4 Å². The number of likely N-dealkylation sites (tertiary alicyclic amines) is 1. The molecule has 1 saturated heterocycles. The van der Waals surface area contributed by atoms with Crippen molar-refractivity contribution in [3.63, 3.8) is 0 Å². The Labute approximate surface area is 149 Å². The molecule has 0 aliphatic carbocycles. The molecule has 3 rings (SSSR count). The standard InChI is InChI=1S/C18H25N3O2.ClH/c1-12(19)16-5-3-4-9-21(16)18(23)15-6-7-17-14(11-15)8-10-20(17)13(2)22;/h6-7,11-12,16H,3-5,8-10,19H2,1-2H3;1H. The maximum Gasteiger partial charge on any atom is 0.254 e. The number of hydrogen-bond acceptors (Lipinski definition) is 3. The summed E-state index contributed by atoms with van der Waals surface area (Å²) in [5, 5.41) is 0. The van der Waals surface area contributed by atoms with E-state index in [0.29, 0.717) is 12.1 Å². The summed E-state index contributed by atoms with van der Waals surface area (Å²) >= 11 is 0. The molecule has 2 atom stereocenters. The third kappa shape index (κ3) is 3.42. The van der Waals surface area contributed by atoms with Crippen molar-refractivity contribution >= 4 is 29.9 Å². The summed E-state index contributed by atoms with van der Waals surface area (Å²) in [5.41, 5.74) is 8.81. The molecule has 2 heterocycles. The lowest BCUT2D eigenvalue weighted by molar-refractivity contribution is -0.116. The Hall–Kier alpha value is -1.59. The van der Waals surface area contributed by atoms with Crippen molar-refractivity contribution < 1.29 is 9.59 Å². The van der Waals surface area contributed by atoms with E-state index in [1.165, 1.54) is 0 Å². The van der Waals surface area contributed by atoms with Crippen LogP contribution in [-0.4, -0.2) is 41.9 Å². The second kappa shape index (κ2) is 7.53. The molecule has 132 valence electrons. The van der Waals surface area contributed by atoms with E-state index in [4.69, 9.17) is 5.73 Å². The van der Waals surface area contributed by atoms with Gasteiger partial charge in [0.2, 0.25) is 5.91 Å². The van der Waals surface area contributed by atoms with Crippen molar-refractivity contribution in [3.8, 4) is 0 Å². The van der Waals surface area contributed by atoms with Crippen LogP contribution in [0.2, 0.25) is 0 Å². The first-order valence-electron chi connectivity index (χ1n) is 8.46. The first kappa shape index (κ1) is 18.7. The van der Waals surface area contributed by atoms with Crippen molar-refractivity contribution in [1.82, 2.24) is 4.90 Å². The van der Waals surface area contributed by atoms with E-state index >= 15 is 0 Å². The number of nitrogens with zero attached hydrogens (tertiary/aromatic N) is 2. The van der Waals surface area contributed by atoms with Gasteiger partial charge >= 0.3 is 0 Å². The van der Waals surface area contributed by atoms with Gasteiger partial charge in [0.05, 0.1) is 0 Å². The normalized spacial score (nSPS) is 21.0. The second-order valence-corrected chi connectivity index (χ2v) is 6.68. The number of nitrogens with two attached hydrogens (primary N) is 1. The summed E-state index contributed by atoms with van der Waals surface area (Å²) in [5.74, 6) is 0.118. The van der Waals surface area contributed by atoms with Crippen molar-refractivity contribution in [1.29, 1.82) is 0 Å². The van der Waals surface area contributed by atoms with Gasteiger partial charge in [-0.25, -0.2) is 0 Å². The van der Waals surface area contributed by atoms with Gasteiger partial charge in [0, 0.05) is 43.3 Å². The van der Waals surface area contributed by atoms with E-state index in [-0.39, 0.29) is 36.3 Å². The van der Waals surface area contributed by atoms with Crippen molar-refractivity contribution in [2.75, 3.05) is 18.0 Å². The molecule has 5 nitrogen and oxygen atoms in total. The number of piperidine rings is 1. The fraction of sp³-hybridized carbons (Fsp3) is 0.556. The minimum atomic E-state index is -0.0121. The highest BCUT2D eigenvalue weighted by atomic mass is 35.5. The molecule has 1 fully saturated rings. The van der Waals surface area contributed by atoms with Gasteiger partial charge in [-0.1, -0.05) is 0 Å². The van der Waals surface area contributed by atoms with Crippen molar-refractivity contribution in [2.45, 2.75) is 51.6 Å². The first-order chi connectivity index (χ1) is 11.0. The van der Waals surface area contributed by atoms with Gasteiger partial charge in [-0.2, -0.15) is 0 Å². The van der Waals surface area contributed by atoms with E-state index in [9.17, 15) is 9.59 Å². The average Bonchev–Trinajstić information content (AvgIpc) is 2.97. The zero-order valence-corrected chi connectivity index (χ0v) is 15.1. The quantitative estimate of drug-likeness (QED) is 0.889. The zero-order valence-electron chi connectivity index (χ0n) is 14.3. The number of rotatable bonds is 2. The topological polar surface area (TPSA) is 66.6 Å². The van der Waals surface area contributed by atoms with Crippen molar-refractivity contribution in [2.24, 2.45) is 5.73 Å². The zero-order chi connectivity index (χ0) is 16.6. The monoisotopic (exact) mass is 351 g/mol. The van der Waals surface area contributed by atoms with Gasteiger partial charge in [0.25, 0.3) is 5.91 Å². The predicted molar refractivity (Wildman–Crippen MR) is 97.7 cm³/mol. The Kier molecular flexibility index (Phi) is 5.88.